The molecule has 0 aliphatic carbocycles. The van der Waals surface area contributed by atoms with Gasteiger partial charge < -0.3 is 25.4 Å². The van der Waals surface area contributed by atoms with Gasteiger partial charge in [-0.3, -0.25) is 0 Å². The van der Waals surface area contributed by atoms with Crippen molar-refractivity contribution in [3.8, 4) is 11.5 Å². The molecule has 100 valence electrons. The van der Waals surface area contributed by atoms with Gasteiger partial charge in [-0.1, -0.05) is 6.07 Å². The lowest BCUT2D eigenvalue weighted by Gasteiger charge is -2.19. The minimum Gasteiger partial charge on any atom is -0.454 e. The Hall–Kier alpha value is -1.30. The molecule has 0 saturated carbocycles. The summed E-state index contributed by atoms with van der Waals surface area (Å²) in [6, 6.07) is 6.13. The molecule has 1 atom stereocenters. The van der Waals surface area contributed by atoms with Gasteiger partial charge in [-0.2, -0.15) is 0 Å². The average Bonchev–Trinajstić information content (AvgIpc) is 2.81. The van der Waals surface area contributed by atoms with Gasteiger partial charge >= 0.3 is 0 Å². The van der Waals surface area contributed by atoms with E-state index in [4.69, 9.17) is 15.2 Å². The molecule has 18 heavy (non-hydrogen) atoms. The first-order chi connectivity index (χ1) is 8.70. The van der Waals surface area contributed by atoms with Gasteiger partial charge in [0.15, 0.2) is 11.5 Å². The molecule has 0 fully saturated rings. The number of hydrogen-bond donors (Lipinski definition) is 2. The normalized spacial score (nSPS) is 15.1. The molecule has 2 rings (SSSR count). The van der Waals surface area contributed by atoms with Gasteiger partial charge in [0, 0.05) is 25.7 Å². The minimum absolute atomic E-state index is 0.152. The second kappa shape index (κ2) is 6.04. The van der Waals surface area contributed by atoms with Crippen molar-refractivity contribution in [1.29, 1.82) is 0 Å². The van der Waals surface area contributed by atoms with E-state index in [1.807, 2.05) is 18.2 Å². The van der Waals surface area contributed by atoms with Crippen molar-refractivity contribution < 1.29 is 9.47 Å². The highest BCUT2D eigenvalue weighted by molar-refractivity contribution is 5.45. The Bertz CT molecular complexity index is 396. The summed E-state index contributed by atoms with van der Waals surface area (Å²) in [4.78, 5) is 2.14. The summed E-state index contributed by atoms with van der Waals surface area (Å²) in [5.74, 6) is 1.61. The number of nitrogens with one attached hydrogen (secondary N) is 1. The van der Waals surface area contributed by atoms with Crippen molar-refractivity contribution in [2.45, 2.75) is 6.04 Å². The van der Waals surface area contributed by atoms with Gasteiger partial charge in [0.25, 0.3) is 0 Å². The van der Waals surface area contributed by atoms with E-state index in [0.717, 1.165) is 30.2 Å². The van der Waals surface area contributed by atoms with E-state index in [-0.39, 0.29) is 6.04 Å². The molecule has 0 radical (unpaired) electrons. The maximum Gasteiger partial charge on any atom is 0.231 e. The number of hydrogen-bond acceptors (Lipinski definition) is 5. The molecule has 1 aromatic rings. The molecule has 0 bridgehead atoms. The third-order valence-corrected chi connectivity index (χ3v) is 2.98. The number of rotatable bonds is 6. The molecule has 5 nitrogen and oxygen atoms in total. The van der Waals surface area contributed by atoms with Crippen LogP contribution in [-0.4, -0.2) is 45.4 Å². The highest BCUT2D eigenvalue weighted by atomic mass is 16.7. The smallest absolute Gasteiger partial charge is 0.231 e. The SMILES string of the molecule is CN(C)CCNC(CN)c1ccc2c(c1)OCO2. The Labute approximate surface area is 108 Å². The lowest BCUT2D eigenvalue weighted by Crippen LogP contribution is -2.33. The molecule has 0 saturated heterocycles. The fourth-order valence-electron chi connectivity index (χ4n) is 1.93. The second-order valence-electron chi connectivity index (χ2n) is 4.66. The summed E-state index contributed by atoms with van der Waals surface area (Å²) in [5.41, 5.74) is 6.96. The maximum absolute atomic E-state index is 5.82. The monoisotopic (exact) mass is 251 g/mol. The van der Waals surface area contributed by atoms with E-state index in [1.165, 1.54) is 0 Å². The van der Waals surface area contributed by atoms with Crippen molar-refractivity contribution in [2.24, 2.45) is 5.73 Å². The van der Waals surface area contributed by atoms with Crippen LogP contribution in [0.4, 0.5) is 0 Å². The van der Waals surface area contributed by atoms with Crippen LogP contribution in [-0.2, 0) is 0 Å². The lowest BCUT2D eigenvalue weighted by atomic mass is 10.1. The van der Waals surface area contributed by atoms with Crippen LogP contribution in [0.1, 0.15) is 11.6 Å². The fraction of sp³-hybridized carbons (Fsp3) is 0.538. The first-order valence-electron chi connectivity index (χ1n) is 6.18. The first-order valence-corrected chi connectivity index (χ1v) is 6.18. The number of nitrogens with zero attached hydrogens (tertiary/aromatic N) is 1. The van der Waals surface area contributed by atoms with E-state index < -0.39 is 0 Å². The molecule has 0 spiro atoms. The second-order valence-corrected chi connectivity index (χ2v) is 4.66. The molecule has 1 aliphatic heterocycles. The van der Waals surface area contributed by atoms with Crippen LogP contribution in [0.2, 0.25) is 0 Å². The Morgan fingerprint density at radius 3 is 2.83 bits per heavy atom. The van der Waals surface area contributed by atoms with Gasteiger partial charge in [-0.25, -0.2) is 0 Å². The fourth-order valence-corrected chi connectivity index (χ4v) is 1.93. The standard InChI is InChI=1S/C13H21N3O2/c1-16(2)6-5-15-11(8-14)10-3-4-12-13(7-10)18-9-17-12/h3-4,7,11,15H,5-6,8-9,14H2,1-2H3. The summed E-state index contributed by atoms with van der Waals surface area (Å²) >= 11 is 0. The molecular weight excluding hydrogens is 230 g/mol. The van der Waals surface area contributed by atoms with Crippen LogP contribution < -0.4 is 20.5 Å². The first kappa shape index (κ1) is 13.1. The van der Waals surface area contributed by atoms with Crippen molar-refractivity contribution in [2.75, 3.05) is 40.5 Å². The van der Waals surface area contributed by atoms with Crippen molar-refractivity contribution in [3.63, 3.8) is 0 Å². The van der Waals surface area contributed by atoms with Crippen molar-refractivity contribution in [3.05, 3.63) is 23.8 Å². The number of fused-ring (bicyclic) bond motifs is 1. The summed E-state index contributed by atoms with van der Waals surface area (Å²) in [6.45, 7) is 2.76. The van der Waals surface area contributed by atoms with E-state index in [1.54, 1.807) is 0 Å². The average molecular weight is 251 g/mol. The van der Waals surface area contributed by atoms with Gasteiger partial charge in [0.2, 0.25) is 6.79 Å². The van der Waals surface area contributed by atoms with E-state index in [9.17, 15) is 0 Å². The van der Waals surface area contributed by atoms with E-state index in [2.05, 4.69) is 24.3 Å². The predicted octanol–water partition coefficient (Wildman–Crippen LogP) is 0.566. The van der Waals surface area contributed by atoms with Crippen LogP contribution in [0.15, 0.2) is 18.2 Å². The number of likely N-dealkylation sites (N-methyl/N-ethyl adjacent to an activating group) is 1. The summed E-state index contributed by atoms with van der Waals surface area (Å²) in [5, 5.41) is 3.45. The quantitative estimate of drug-likeness (QED) is 0.774. The molecule has 1 heterocycles. The number of ether oxygens (including phenoxy) is 2. The van der Waals surface area contributed by atoms with Gasteiger partial charge in [0.1, 0.15) is 0 Å². The molecule has 1 aromatic carbocycles. The predicted molar refractivity (Wildman–Crippen MR) is 70.9 cm³/mol. The van der Waals surface area contributed by atoms with Crippen molar-refractivity contribution in [1.82, 2.24) is 10.2 Å². The zero-order chi connectivity index (χ0) is 13.0. The highest BCUT2D eigenvalue weighted by Crippen LogP contribution is 2.33. The van der Waals surface area contributed by atoms with Crippen LogP contribution in [0.5, 0.6) is 11.5 Å². The summed E-state index contributed by atoms with van der Waals surface area (Å²) in [6.07, 6.45) is 0. The molecule has 3 N–H and O–H groups in total. The van der Waals surface area contributed by atoms with Crippen LogP contribution in [0.3, 0.4) is 0 Å². The zero-order valence-corrected chi connectivity index (χ0v) is 11.0. The van der Waals surface area contributed by atoms with Crippen molar-refractivity contribution >= 4 is 0 Å². The molecular formula is C13H21N3O2. The summed E-state index contributed by atoms with van der Waals surface area (Å²) < 4.78 is 10.7. The largest absolute Gasteiger partial charge is 0.454 e. The maximum atomic E-state index is 5.82. The Kier molecular flexibility index (Phi) is 4.41. The molecule has 1 aliphatic rings. The molecule has 5 heteroatoms. The van der Waals surface area contributed by atoms with Crippen LogP contribution >= 0.6 is 0 Å². The zero-order valence-electron chi connectivity index (χ0n) is 11.0. The van der Waals surface area contributed by atoms with Crippen LogP contribution in [0, 0.1) is 0 Å². The van der Waals surface area contributed by atoms with Crippen LogP contribution in [0.25, 0.3) is 0 Å². The van der Waals surface area contributed by atoms with Gasteiger partial charge in [-0.15, -0.1) is 0 Å². The van der Waals surface area contributed by atoms with Gasteiger partial charge in [-0.05, 0) is 31.8 Å². The minimum atomic E-state index is 0.152. The highest BCUT2D eigenvalue weighted by Gasteiger charge is 2.16. The number of nitrogens with two attached hydrogens (primary N) is 1. The molecule has 0 amide bonds. The van der Waals surface area contributed by atoms with Gasteiger partial charge in [0.05, 0.1) is 0 Å². The number of benzene rings is 1. The Morgan fingerprint density at radius 2 is 2.11 bits per heavy atom. The third-order valence-electron chi connectivity index (χ3n) is 2.98. The molecule has 1 unspecified atom stereocenters. The summed E-state index contributed by atoms with van der Waals surface area (Å²) in [7, 11) is 4.11. The van der Waals surface area contributed by atoms with E-state index in [0.29, 0.717) is 13.3 Å². The topological polar surface area (TPSA) is 59.8 Å². The third kappa shape index (κ3) is 3.13. The molecule has 0 aromatic heterocycles. The Balaban J connectivity index is 1.99. The lowest BCUT2D eigenvalue weighted by molar-refractivity contribution is 0.174. The Morgan fingerprint density at radius 1 is 1.33 bits per heavy atom. The van der Waals surface area contributed by atoms with E-state index >= 15 is 0 Å².